The zero-order chi connectivity index (χ0) is 34.0. The number of carbonyl (C=O) groups excluding carboxylic acids is 2. The quantitative estimate of drug-likeness (QED) is 0.184. The average Bonchev–Trinajstić information content (AvgIpc) is 3.48. The molecule has 3 aromatic heterocycles. The van der Waals surface area contributed by atoms with Crippen LogP contribution in [0.3, 0.4) is 0 Å². The second-order valence-corrected chi connectivity index (χ2v) is 12.4. The van der Waals surface area contributed by atoms with Gasteiger partial charge in [-0.05, 0) is 68.2 Å². The van der Waals surface area contributed by atoms with Crippen molar-refractivity contribution in [3.05, 3.63) is 95.6 Å². The number of nitrogens with two attached hydrogens (primary N) is 1. The molecule has 0 atom stereocenters. The van der Waals surface area contributed by atoms with Gasteiger partial charge < -0.3 is 25.4 Å². The van der Waals surface area contributed by atoms with E-state index in [0.29, 0.717) is 53.4 Å². The monoisotopic (exact) mass is 649 g/mol. The molecule has 48 heavy (non-hydrogen) atoms. The fourth-order valence-electron chi connectivity index (χ4n) is 5.54. The molecule has 1 aliphatic rings. The molecule has 0 fully saturated rings. The number of anilines is 1. The fourth-order valence-corrected chi connectivity index (χ4v) is 5.54. The lowest BCUT2D eigenvalue weighted by Crippen LogP contribution is -2.39. The molecule has 12 heteroatoms. The highest BCUT2D eigenvalue weighted by Gasteiger charge is 2.24. The maximum absolute atomic E-state index is 13.7. The molecule has 0 saturated carbocycles. The van der Waals surface area contributed by atoms with Crippen molar-refractivity contribution < 1.29 is 23.5 Å². The molecule has 0 radical (unpaired) electrons. The van der Waals surface area contributed by atoms with Crippen molar-refractivity contribution >= 4 is 34.3 Å². The number of nitrogens with one attached hydrogen (secondary N) is 2. The summed E-state index contributed by atoms with van der Waals surface area (Å²) in [7, 11) is 1.43. The summed E-state index contributed by atoms with van der Waals surface area (Å²) < 4.78 is 24.4. The van der Waals surface area contributed by atoms with Gasteiger partial charge in [0.05, 0.1) is 35.0 Å². The molecule has 246 valence electrons. The number of benzene rings is 2. The number of hydrogen-bond acceptors (Lipinski definition) is 8. The first-order valence-corrected chi connectivity index (χ1v) is 15.5. The third-order valence-corrected chi connectivity index (χ3v) is 7.98. The molecule has 1 aliphatic heterocycles. The molecule has 4 N–H and O–H groups in total. The SMILES string of the molecule is COc1ccc(F)cc1C(=O)NCc1ccc(-c2ncc(-c3ccc(C4=CCN(C(=O)OC(C)(C)C)CC4)cn3)c3[nH]nc(N)c23)cc1. The van der Waals surface area contributed by atoms with E-state index in [-0.39, 0.29) is 18.2 Å². The van der Waals surface area contributed by atoms with E-state index in [0.717, 1.165) is 33.9 Å². The molecular formula is C36H36FN7O4. The highest BCUT2D eigenvalue weighted by Crippen LogP contribution is 2.35. The molecule has 6 rings (SSSR count). The standard InChI is InChI=1S/C36H36FN7O4/c1-36(2,3)48-35(46)44-15-13-22(14-16-44)24-9-11-28(39-19-24)27-20-40-31(30-32(27)42-43-33(30)38)23-7-5-21(6-8-23)18-41-34(45)26-17-25(37)10-12-29(26)47-4/h5-13,17,19-20H,14-16,18H2,1-4H3,(H,41,45)(H3,38,42,43). The van der Waals surface area contributed by atoms with Crippen LogP contribution in [0.2, 0.25) is 0 Å². The lowest BCUT2D eigenvalue weighted by molar-refractivity contribution is 0.0270. The van der Waals surface area contributed by atoms with Gasteiger partial charge >= 0.3 is 6.09 Å². The van der Waals surface area contributed by atoms with Crippen LogP contribution >= 0.6 is 0 Å². The number of carbonyl (C=O) groups is 2. The number of halogens is 1. The molecule has 0 bridgehead atoms. The van der Waals surface area contributed by atoms with E-state index in [1.54, 1.807) is 11.1 Å². The summed E-state index contributed by atoms with van der Waals surface area (Å²) in [5, 5.41) is 10.8. The Morgan fingerprint density at radius 2 is 1.81 bits per heavy atom. The van der Waals surface area contributed by atoms with Crippen LogP contribution in [0.25, 0.3) is 39.0 Å². The van der Waals surface area contributed by atoms with Gasteiger partial charge in [0, 0.05) is 43.2 Å². The third kappa shape index (κ3) is 6.82. The average molecular weight is 650 g/mol. The van der Waals surface area contributed by atoms with Crippen molar-refractivity contribution in [2.45, 2.75) is 39.3 Å². The minimum atomic E-state index is -0.535. The van der Waals surface area contributed by atoms with E-state index < -0.39 is 17.3 Å². The van der Waals surface area contributed by atoms with Crippen molar-refractivity contribution in [3.8, 4) is 28.3 Å². The highest BCUT2D eigenvalue weighted by atomic mass is 19.1. The molecule has 0 saturated heterocycles. The summed E-state index contributed by atoms with van der Waals surface area (Å²) in [4.78, 5) is 36.3. The predicted molar refractivity (Wildman–Crippen MR) is 181 cm³/mol. The molecule has 0 spiro atoms. The molecule has 0 unspecified atom stereocenters. The van der Waals surface area contributed by atoms with E-state index in [9.17, 15) is 14.0 Å². The number of ether oxygens (including phenoxy) is 2. The molecule has 5 aromatic rings. The van der Waals surface area contributed by atoms with Crippen LogP contribution in [0.1, 0.15) is 48.7 Å². The van der Waals surface area contributed by atoms with Crippen LogP contribution < -0.4 is 15.8 Å². The minimum absolute atomic E-state index is 0.123. The van der Waals surface area contributed by atoms with E-state index in [2.05, 4.69) is 15.5 Å². The largest absolute Gasteiger partial charge is 0.496 e. The van der Waals surface area contributed by atoms with Gasteiger partial charge in [0.1, 0.15) is 17.2 Å². The molecular weight excluding hydrogens is 613 g/mol. The van der Waals surface area contributed by atoms with Crippen molar-refractivity contribution in [2.75, 3.05) is 25.9 Å². The number of H-pyrrole nitrogens is 1. The number of amides is 2. The van der Waals surface area contributed by atoms with Crippen molar-refractivity contribution in [2.24, 2.45) is 0 Å². The van der Waals surface area contributed by atoms with Gasteiger partial charge in [0.25, 0.3) is 5.91 Å². The first-order chi connectivity index (χ1) is 23.0. The number of nitrogens with zero attached hydrogens (tertiary/aromatic N) is 4. The summed E-state index contributed by atoms with van der Waals surface area (Å²) in [6, 6.07) is 15.3. The Balaban J connectivity index is 1.17. The molecule has 4 heterocycles. The van der Waals surface area contributed by atoms with Crippen LogP contribution in [0.15, 0.2) is 73.1 Å². The van der Waals surface area contributed by atoms with Gasteiger partial charge in [-0.15, -0.1) is 0 Å². The summed E-state index contributed by atoms with van der Waals surface area (Å²) in [6.07, 6.45) is 6.00. The van der Waals surface area contributed by atoms with Crippen LogP contribution in [-0.4, -0.2) is 62.9 Å². The Morgan fingerprint density at radius 3 is 2.48 bits per heavy atom. The van der Waals surface area contributed by atoms with Crippen molar-refractivity contribution in [1.29, 1.82) is 0 Å². The van der Waals surface area contributed by atoms with Crippen LogP contribution in [0.5, 0.6) is 5.75 Å². The minimum Gasteiger partial charge on any atom is -0.496 e. The normalized spacial score (nSPS) is 13.3. The Labute approximate surface area is 277 Å². The Hall–Kier alpha value is -5.78. The number of nitrogen functional groups attached to an aromatic ring is 1. The maximum atomic E-state index is 13.7. The zero-order valence-corrected chi connectivity index (χ0v) is 27.1. The summed E-state index contributed by atoms with van der Waals surface area (Å²) in [5.41, 5.74) is 12.5. The van der Waals surface area contributed by atoms with Crippen LogP contribution in [0, 0.1) is 5.82 Å². The number of methoxy groups -OCH3 is 1. The number of hydrogen-bond donors (Lipinski definition) is 3. The molecule has 11 nitrogen and oxygen atoms in total. The van der Waals surface area contributed by atoms with Gasteiger partial charge in [-0.1, -0.05) is 36.4 Å². The van der Waals surface area contributed by atoms with Gasteiger partial charge in [-0.2, -0.15) is 5.10 Å². The highest BCUT2D eigenvalue weighted by molar-refractivity contribution is 6.05. The number of rotatable bonds is 7. The van der Waals surface area contributed by atoms with Gasteiger partial charge in [0.2, 0.25) is 0 Å². The lowest BCUT2D eigenvalue weighted by Gasteiger charge is -2.29. The first-order valence-electron chi connectivity index (χ1n) is 15.5. The zero-order valence-electron chi connectivity index (χ0n) is 27.1. The van der Waals surface area contributed by atoms with Crippen LogP contribution in [0.4, 0.5) is 15.0 Å². The second kappa shape index (κ2) is 13.1. The smallest absolute Gasteiger partial charge is 0.410 e. The van der Waals surface area contributed by atoms with E-state index in [4.69, 9.17) is 25.2 Å². The van der Waals surface area contributed by atoms with E-state index in [1.165, 1.54) is 19.2 Å². The Kier molecular flexibility index (Phi) is 8.81. The van der Waals surface area contributed by atoms with Crippen LogP contribution in [-0.2, 0) is 11.3 Å². The van der Waals surface area contributed by atoms with E-state index >= 15 is 0 Å². The predicted octanol–water partition coefficient (Wildman–Crippen LogP) is 6.37. The number of aromatic nitrogens is 4. The Bertz CT molecular complexity index is 2020. The van der Waals surface area contributed by atoms with Gasteiger partial charge in [-0.3, -0.25) is 19.9 Å². The Morgan fingerprint density at radius 1 is 1.04 bits per heavy atom. The fraction of sp³-hybridized carbons (Fsp3) is 0.250. The maximum Gasteiger partial charge on any atom is 0.410 e. The summed E-state index contributed by atoms with van der Waals surface area (Å²) in [5.74, 6) is -0.356. The third-order valence-electron chi connectivity index (χ3n) is 7.98. The van der Waals surface area contributed by atoms with E-state index in [1.807, 2.05) is 69.4 Å². The van der Waals surface area contributed by atoms with Crippen molar-refractivity contribution in [3.63, 3.8) is 0 Å². The topological polar surface area (TPSA) is 148 Å². The first kappa shape index (κ1) is 32.2. The summed E-state index contributed by atoms with van der Waals surface area (Å²) >= 11 is 0. The van der Waals surface area contributed by atoms with Gasteiger partial charge in [-0.25, -0.2) is 9.18 Å². The molecule has 2 amide bonds. The summed E-state index contributed by atoms with van der Waals surface area (Å²) in [6.45, 7) is 6.86. The van der Waals surface area contributed by atoms with Gasteiger partial charge in [0.15, 0.2) is 5.82 Å². The number of aromatic amines is 1. The molecule has 2 aromatic carbocycles. The molecule has 0 aliphatic carbocycles. The second-order valence-electron chi connectivity index (χ2n) is 12.4. The van der Waals surface area contributed by atoms with Crippen molar-refractivity contribution in [1.82, 2.24) is 30.4 Å². The number of fused-ring (bicyclic) bond motifs is 1. The number of pyridine rings is 2. The lowest BCUT2D eigenvalue weighted by atomic mass is 9.99.